The molecular formula is C17H19ClF3N5. The maximum Gasteiger partial charge on any atom is 0.417 e. The van der Waals surface area contributed by atoms with Crippen molar-refractivity contribution >= 4 is 29.1 Å². The van der Waals surface area contributed by atoms with Gasteiger partial charge in [-0.3, -0.25) is 0 Å². The normalized spacial score (nSPS) is 16.2. The zero-order valence-electron chi connectivity index (χ0n) is 14.0. The van der Waals surface area contributed by atoms with Crippen LogP contribution in [-0.4, -0.2) is 21.2 Å². The Hall–Kier alpha value is -2.09. The van der Waals surface area contributed by atoms with Crippen molar-refractivity contribution in [3.63, 3.8) is 0 Å². The van der Waals surface area contributed by atoms with Crippen LogP contribution in [0.1, 0.15) is 44.1 Å². The van der Waals surface area contributed by atoms with Gasteiger partial charge in [-0.05, 0) is 31.0 Å². The van der Waals surface area contributed by atoms with E-state index in [1.54, 1.807) is 0 Å². The molecule has 2 aromatic rings. The van der Waals surface area contributed by atoms with Crippen molar-refractivity contribution in [1.82, 2.24) is 15.2 Å². The molecule has 0 radical (unpaired) electrons. The van der Waals surface area contributed by atoms with Gasteiger partial charge in [0, 0.05) is 11.7 Å². The van der Waals surface area contributed by atoms with Gasteiger partial charge in [-0.15, -0.1) is 5.10 Å². The molecule has 1 saturated carbocycles. The molecule has 26 heavy (non-hydrogen) atoms. The van der Waals surface area contributed by atoms with E-state index in [2.05, 4.69) is 25.8 Å². The van der Waals surface area contributed by atoms with E-state index in [-0.39, 0.29) is 16.7 Å². The van der Waals surface area contributed by atoms with Gasteiger partial charge in [-0.25, -0.2) is 0 Å². The van der Waals surface area contributed by atoms with Crippen LogP contribution in [0.5, 0.6) is 0 Å². The third-order valence-corrected chi connectivity index (χ3v) is 4.62. The number of anilines is 3. The maximum atomic E-state index is 13.0. The Balaban J connectivity index is 1.72. The van der Waals surface area contributed by atoms with E-state index >= 15 is 0 Å². The van der Waals surface area contributed by atoms with Gasteiger partial charge in [-0.1, -0.05) is 37.3 Å². The molecule has 0 aliphatic heterocycles. The summed E-state index contributed by atoms with van der Waals surface area (Å²) in [6.45, 7) is 0. The first kappa shape index (κ1) is 18.7. The van der Waals surface area contributed by atoms with Crippen LogP contribution in [0.3, 0.4) is 0 Å². The summed E-state index contributed by atoms with van der Waals surface area (Å²) in [4.78, 5) is 4.30. The van der Waals surface area contributed by atoms with E-state index in [1.807, 2.05) is 0 Å². The lowest BCUT2D eigenvalue weighted by Crippen LogP contribution is -2.19. The number of aromatic nitrogens is 3. The van der Waals surface area contributed by atoms with Crippen molar-refractivity contribution in [2.75, 3.05) is 10.6 Å². The van der Waals surface area contributed by atoms with Gasteiger partial charge in [0.05, 0.1) is 16.8 Å². The second-order valence-corrected chi connectivity index (χ2v) is 6.72. The lowest BCUT2D eigenvalue weighted by molar-refractivity contribution is -0.137. The minimum absolute atomic E-state index is 0.124. The van der Waals surface area contributed by atoms with E-state index in [1.165, 1.54) is 44.0 Å². The number of nitrogens with one attached hydrogen (secondary N) is 2. The summed E-state index contributed by atoms with van der Waals surface area (Å²) in [5.74, 6) is 0.679. The molecule has 0 saturated heterocycles. The summed E-state index contributed by atoms with van der Waals surface area (Å²) in [7, 11) is 0. The lowest BCUT2D eigenvalue weighted by Gasteiger charge is -2.17. The van der Waals surface area contributed by atoms with Gasteiger partial charge in [-0.2, -0.15) is 23.3 Å². The van der Waals surface area contributed by atoms with E-state index in [4.69, 9.17) is 11.6 Å². The fourth-order valence-corrected chi connectivity index (χ4v) is 3.23. The summed E-state index contributed by atoms with van der Waals surface area (Å²) in [6, 6.07) is 3.88. The summed E-state index contributed by atoms with van der Waals surface area (Å²) in [5.41, 5.74) is -0.722. The Kier molecular flexibility index (Phi) is 5.80. The van der Waals surface area contributed by atoms with Gasteiger partial charge < -0.3 is 10.6 Å². The average molecular weight is 386 g/mol. The molecule has 5 nitrogen and oxygen atoms in total. The molecule has 1 aliphatic carbocycles. The molecule has 0 atom stereocenters. The van der Waals surface area contributed by atoms with Gasteiger partial charge in [0.1, 0.15) is 0 Å². The highest BCUT2D eigenvalue weighted by molar-refractivity contribution is 6.31. The van der Waals surface area contributed by atoms with Crippen LogP contribution < -0.4 is 10.6 Å². The lowest BCUT2D eigenvalue weighted by atomic mass is 10.1. The van der Waals surface area contributed by atoms with Crippen molar-refractivity contribution in [1.29, 1.82) is 0 Å². The summed E-state index contributed by atoms with van der Waals surface area (Å²) < 4.78 is 38.9. The molecule has 0 amide bonds. The van der Waals surface area contributed by atoms with Crippen LogP contribution in [0, 0.1) is 0 Å². The highest BCUT2D eigenvalue weighted by atomic mass is 35.5. The molecule has 0 spiro atoms. The largest absolute Gasteiger partial charge is 0.417 e. The molecule has 1 aromatic carbocycles. The Labute approximate surface area is 154 Å². The van der Waals surface area contributed by atoms with E-state index in [0.717, 1.165) is 18.9 Å². The Bertz CT molecular complexity index is 745. The highest BCUT2D eigenvalue weighted by Gasteiger charge is 2.33. The fraction of sp³-hybridized carbons (Fsp3) is 0.471. The van der Waals surface area contributed by atoms with Crippen molar-refractivity contribution in [3.05, 3.63) is 35.0 Å². The minimum atomic E-state index is -4.53. The molecule has 1 heterocycles. The predicted molar refractivity (Wildman–Crippen MR) is 94.7 cm³/mol. The van der Waals surface area contributed by atoms with Crippen molar-refractivity contribution in [2.45, 2.75) is 50.7 Å². The molecular weight excluding hydrogens is 367 g/mol. The molecule has 9 heteroatoms. The molecule has 1 aromatic heterocycles. The fourth-order valence-electron chi connectivity index (χ4n) is 3.01. The van der Waals surface area contributed by atoms with Crippen molar-refractivity contribution in [3.8, 4) is 0 Å². The zero-order chi connectivity index (χ0) is 18.6. The van der Waals surface area contributed by atoms with Gasteiger partial charge in [0.2, 0.25) is 5.95 Å². The molecule has 0 bridgehead atoms. The second kappa shape index (κ2) is 8.07. The number of alkyl halides is 3. The monoisotopic (exact) mass is 385 g/mol. The zero-order valence-corrected chi connectivity index (χ0v) is 14.7. The molecule has 0 unspecified atom stereocenters. The third kappa shape index (κ3) is 4.97. The van der Waals surface area contributed by atoms with E-state index < -0.39 is 11.7 Å². The van der Waals surface area contributed by atoms with Crippen LogP contribution >= 0.6 is 11.6 Å². The molecule has 1 aliphatic rings. The average Bonchev–Trinajstić information content (AvgIpc) is 2.85. The topological polar surface area (TPSA) is 62.7 Å². The third-order valence-electron chi connectivity index (χ3n) is 4.29. The number of halogens is 4. The van der Waals surface area contributed by atoms with Crippen LogP contribution in [0.15, 0.2) is 24.4 Å². The summed E-state index contributed by atoms with van der Waals surface area (Å²) in [6.07, 6.45) is 3.95. The van der Waals surface area contributed by atoms with E-state index in [0.29, 0.717) is 11.9 Å². The quantitative estimate of drug-likeness (QED) is 0.688. The van der Waals surface area contributed by atoms with Crippen molar-refractivity contribution in [2.24, 2.45) is 0 Å². The molecule has 2 N–H and O–H groups in total. The number of rotatable bonds is 4. The maximum absolute atomic E-state index is 13.0. The second-order valence-electron chi connectivity index (χ2n) is 6.32. The van der Waals surface area contributed by atoms with Crippen LogP contribution in [0.25, 0.3) is 0 Å². The van der Waals surface area contributed by atoms with Crippen LogP contribution in [0.2, 0.25) is 5.02 Å². The first-order valence-electron chi connectivity index (χ1n) is 8.52. The van der Waals surface area contributed by atoms with Crippen LogP contribution in [0.4, 0.5) is 30.6 Å². The molecule has 1 fully saturated rings. The standard InChI is InChI=1S/C17H19ClF3N5/c18-14-8-7-12(9-13(14)17(19,20)21)24-16-25-15(10-22-26-16)23-11-5-3-1-2-4-6-11/h7-11H,1-6H2,(H2,23,24,25,26). The Morgan fingerprint density at radius 1 is 1.08 bits per heavy atom. The summed E-state index contributed by atoms with van der Waals surface area (Å²) >= 11 is 5.63. The highest BCUT2D eigenvalue weighted by Crippen LogP contribution is 2.36. The first-order valence-corrected chi connectivity index (χ1v) is 8.89. The van der Waals surface area contributed by atoms with E-state index in [9.17, 15) is 13.2 Å². The number of nitrogens with zero attached hydrogens (tertiary/aromatic N) is 3. The molecule has 3 rings (SSSR count). The van der Waals surface area contributed by atoms with Crippen molar-refractivity contribution < 1.29 is 13.2 Å². The Morgan fingerprint density at radius 3 is 2.50 bits per heavy atom. The number of hydrogen-bond donors (Lipinski definition) is 2. The Morgan fingerprint density at radius 2 is 1.81 bits per heavy atom. The minimum Gasteiger partial charge on any atom is -0.366 e. The predicted octanol–water partition coefficient (Wildman–Crippen LogP) is 5.42. The van der Waals surface area contributed by atoms with Gasteiger partial charge >= 0.3 is 6.18 Å². The van der Waals surface area contributed by atoms with Gasteiger partial charge in [0.15, 0.2) is 5.82 Å². The SMILES string of the molecule is FC(F)(F)c1cc(Nc2nncc(NC3CCCCCC3)n2)ccc1Cl. The summed E-state index contributed by atoms with van der Waals surface area (Å²) in [5, 5.41) is 13.4. The number of benzene rings is 1. The smallest absolute Gasteiger partial charge is 0.366 e. The first-order chi connectivity index (χ1) is 12.4. The number of hydrogen-bond acceptors (Lipinski definition) is 5. The van der Waals surface area contributed by atoms with Crippen LogP contribution in [-0.2, 0) is 6.18 Å². The van der Waals surface area contributed by atoms with Gasteiger partial charge in [0.25, 0.3) is 0 Å². The molecule has 140 valence electrons.